The number of nitrogens with zero attached hydrogens (tertiary/aromatic N) is 2. The molecule has 3 amide bonds. The zero-order valence-electron chi connectivity index (χ0n) is 17.2. The second-order valence-electron chi connectivity index (χ2n) is 7.21. The lowest BCUT2D eigenvalue weighted by molar-refractivity contribution is -0.117. The van der Waals surface area contributed by atoms with Crippen molar-refractivity contribution in [2.45, 2.75) is 30.8 Å². The van der Waals surface area contributed by atoms with Crippen molar-refractivity contribution in [1.82, 2.24) is 20.2 Å². The zero-order chi connectivity index (χ0) is 22.7. The number of amides is 3. The van der Waals surface area contributed by atoms with Gasteiger partial charge in [-0.05, 0) is 43.4 Å². The molecule has 0 saturated carbocycles. The van der Waals surface area contributed by atoms with E-state index in [1.165, 1.54) is 34.1 Å². The summed E-state index contributed by atoms with van der Waals surface area (Å²) in [5.41, 5.74) is 0.743. The van der Waals surface area contributed by atoms with Gasteiger partial charge in [-0.2, -0.15) is 0 Å². The van der Waals surface area contributed by atoms with Crippen LogP contribution >= 0.6 is 23.1 Å². The smallest absolute Gasteiger partial charge is 0.321 e. The Hall–Kier alpha value is -2.98. The number of urea groups is 1. The Morgan fingerprint density at radius 2 is 2.06 bits per heavy atom. The minimum atomic E-state index is -0.642. The van der Waals surface area contributed by atoms with Gasteiger partial charge in [0.05, 0.1) is 16.8 Å². The molecule has 1 aliphatic rings. The predicted molar refractivity (Wildman–Crippen MR) is 124 cm³/mol. The van der Waals surface area contributed by atoms with Crippen LogP contribution in [0.25, 0.3) is 15.9 Å². The normalized spacial score (nSPS) is 12.9. The molecule has 2 aromatic heterocycles. The number of thiophene rings is 1. The van der Waals surface area contributed by atoms with Gasteiger partial charge in [-0.25, -0.2) is 14.2 Å². The first-order valence-corrected chi connectivity index (χ1v) is 11.9. The van der Waals surface area contributed by atoms with Gasteiger partial charge in [0.25, 0.3) is 5.56 Å². The summed E-state index contributed by atoms with van der Waals surface area (Å²) in [4.78, 5) is 43.8. The second-order valence-corrected chi connectivity index (χ2v) is 9.24. The molecule has 0 bridgehead atoms. The molecule has 2 N–H and O–H groups in total. The van der Waals surface area contributed by atoms with E-state index in [2.05, 4.69) is 22.2 Å². The number of benzene rings is 1. The van der Waals surface area contributed by atoms with Gasteiger partial charge in [0.1, 0.15) is 10.6 Å². The van der Waals surface area contributed by atoms with Gasteiger partial charge in [-0.1, -0.05) is 30.0 Å². The van der Waals surface area contributed by atoms with E-state index in [9.17, 15) is 18.8 Å². The van der Waals surface area contributed by atoms with Crippen molar-refractivity contribution >= 4 is 45.3 Å². The first-order chi connectivity index (χ1) is 15.5. The van der Waals surface area contributed by atoms with Crippen LogP contribution in [0.2, 0.25) is 0 Å². The van der Waals surface area contributed by atoms with Crippen LogP contribution in [0.15, 0.2) is 46.9 Å². The number of para-hydroxylation sites is 1. The van der Waals surface area contributed by atoms with Crippen LogP contribution in [0.4, 0.5) is 9.18 Å². The van der Waals surface area contributed by atoms with E-state index >= 15 is 0 Å². The molecule has 10 heteroatoms. The van der Waals surface area contributed by atoms with E-state index in [0.717, 1.165) is 47.9 Å². The van der Waals surface area contributed by atoms with Crippen molar-refractivity contribution in [2.75, 3.05) is 12.3 Å². The molecule has 0 atom stereocenters. The number of carbonyl (C=O) groups is 2. The summed E-state index contributed by atoms with van der Waals surface area (Å²) in [6.07, 6.45) is 5.27. The minimum Gasteiger partial charge on any atom is -0.334 e. The molecule has 4 rings (SSSR count). The van der Waals surface area contributed by atoms with E-state index in [1.54, 1.807) is 12.1 Å². The molecule has 7 nitrogen and oxygen atoms in total. The minimum absolute atomic E-state index is 0.0780. The Balaban J connectivity index is 1.72. The van der Waals surface area contributed by atoms with Gasteiger partial charge < -0.3 is 5.32 Å². The van der Waals surface area contributed by atoms with Gasteiger partial charge in [0.15, 0.2) is 5.16 Å². The molecule has 0 fully saturated rings. The number of imide groups is 1. The molecule has 3 aromatic rings. The maximum absolute atomic E-state index is 14.7. The zero-order valence-corrected chi connectivity index (χ0v) is 18.8. The van der Waals surface area contributed by atoms with Crippen molar-refractivity contribution in [1.29, 1.82) is 0 Å². The van der Waals surface area contributed by atoms with Crippen molar-refractivity contribution in [3.8, 4) is 5.69 Å². The Morgan fingerprint density at radius 3 is 2.84 bits per heavy atom. The van der Waals surface area contributed by atoms with Gasteiger partial charge in [-0.15, -0.1) is 17.9 Å². The third-order valence-corrected chi connectivity index (χ3v) is 7.17. The number of aromatic nitrogens is 2. The number of fused-ring (bicyclic) bond motifs is 3. The van der Waals surface area contributed by atoms with Crippen LogP contribution in [-0.2, 0) is 17.6 Å². The van der Waals surface area contributed by atoms with Crippen LogP contribution < -0.4 is 16.2 Å². The van der Waals surface area contributed by atoms with E-state index in [1.807, 2.05) is 0 Å². The van der Waals surface area contributed by atoms with E-state index in [0.29, 0.717) is 10.2 Å². The van der Waals surface area contributed by atoms with Gasteiger partial charge in [0, 0.05) is 11.4 Å². The molecule has 32 heavy (non-hydrogen) atoms. The summed E-state index contributed by atoms with van der Waals surface area (Å²) >= 11 is 2.46. The molecular formula is C22H21FN4O3S2. The molecule has 0 saturated heterocycles. The fourth-order valence-electron chi connectivity index (χ4n) is 3.63. The molecule has 1 aliphatic carbocycles. The highest BCUT2D eigenvalue weighted by Gasteiger charge is 2.24. The maximum atomic E-state index is 14.7. The number of nitrogens with one attached hydrogen (secondary N) is 2. The summed E-state index contributed by atoms with van der Waals surface area (Å²) in [5, 5.41) is 5.39. The molecular weight excluding hydrogens is 451 g/mol. The van der Waals surface area contributed by atoms with Crippen molar-refractivity contribution in [2.24, 2.45) is 0 Å². The quantitative estimate of drug-likeness (QED) is 0.325. The van der Waals surface area contributed by atoms with Crippen LogP contribution in [0, 0.1) is 5.82 Å². The fourth-order valence-corrected chi connectivity index (χ4v) is 5.74. The number of hydrogen-bond donors (Lipinski definition) is 2. The molecule has 0 spiro atoms. The van der Waals surface area contributed by atoms with E-state index in [-0.39, 0.29) is 28.7 Å². The van der Waals surface area contributed by atoms with Crippen molar-refractivity contribution in [3.05, 3.63) is 63.5 Å². The Morgan fingerprint density at radius 1 is 1.28 bits per heavy atom. The summed E-state index contributed by atoms with van der Waals surface area (Å²) < 4.78 is 15.9. The first-order valence-electron chi connectivity index (χ1n) is 10.1. The third kappa shape index (κ3) is 4.46. The standard InChI is InChI=1S/C22H21FN4O3S2/c1-2-11-24-21(30)25-17(28)12-31-22-26-19-18(13-7-3-6-10-16(13)32-19)20(29)27(22)15-9-5-4-8-14(15)23/h2,4-5,8-9H,1,3,6-7,10-12H2,(H2,24,25,28,30). The predicted octanol–water partition coefficient (Wildman–Crippen LogP) is 3.57. The monoisotopic (exact) mass is 472 g/mol. The fraction of sp³-hybridized carbons (Fsp3) is 0.273. The summed E-state index contributed by atoms with van der Waals surface area (Å²) in [5.74, 6) is -1.29. The largest absolute Gasteiger partial charge is 0.334 e. The lowest BCUT2D eigenvalue weighted by atomic mass is 9.97. The number of rotatable bonds is 6. The number of hydrogen-bond acceptors (Lipinski definition) is 6. The average Bonchev–Trinajstić information content (AvgIpc) is 3.16. The van der Waals surface area contributed by atoms with Gasteiger partial charge >= 0.3 is 6.03 Å². The van der Waals surface area contributed by atoms with Gasteiger partial charge in [-0.3, -0.25) is 19.5 Å². The summed E-state index contributed by atoms with van der Waals surface area (Å²) in [6, 6.07) is 5.33. The van der Waals surface area contributed by atoms with Crippen LogP contribution in [0.5, 0.6) is 0 Å². The number of halogens is 1. The Labute approximate surface area is 191 Å². The molecule has 0 radical (unpaired) electrons. The van der Waals surface area contributed by atoms with Crippen LogP contribution in [0.1, 0.15) is 23.3 Å². The first kappa shape index (κ1) is 22.2. The van der Waals surface area contributed by atoms with Crippen molar-refractivity contribution in [3.63, 3.8) is 0 Å². The van der Waals surface area contributed by atoms with Crippen LogP contribution in [0.3, 0.4) is 0 Å². The molecule has 166 valence electrons. The number of carbonyl (C=O) groups excluding carboxylic acids is 2. The molecule has 2 heterocycles. The molecule has 1 aromatic carbocycles. The maximum Gasteiger partial charge on any atom is 0.321 e. The Kier molecular flexibility index (Phi) is 6.71. The Bertz CT molecular complexity index is 1270. The van der Waals surface area contributed by atoms with E-state index in [4.69, 9.17) is 0 Å². The highest BCUT2D eigenvalue weighted by atomic mass is 32.2. The number of aryl methyl sites for hydroxylation is 2. The molecule has 0 unspecified atom stereocenters. The molecule has 0 aliphatic heterocycles. The summed E-state index contributed by atoms with van der Waals surface area (Å²) in [6.45, 7) is 3.71. The van der Waals surface area contributed by atoms with Crippen molar-refractivity contribution < 1.29 is 14.0 Å². The lowest BCUT2D eigenvalue weighted by Crippen LogP contribution is -2.40. The number of thioether (sulfide) groups is 1. The average molecular weight is 473 g/mol. The van der Waals surface area contributed by atoms with Crippen LogP contribution in [-0.4, -0.2) is 33.8 Å². The second kappa shape index (κ2) is 9.66. The SMILES string of the molecule is C=CCNC(=O)NC(=O)CSc1nc2sc3c(c2c(=O)n1-c1ccccc1F)CCCC3. The summed E-state index contributed by atoms with van der Waals surface area (Å²) in [7, 11) is 0. The highest BCUT2D eigenvalue weighted by molar-refractivity contribution is 7.99. The third-order valence-electron chi connectivity index (χ3n) is 5.04. The van der Waals surface area contributed by atoms with Gasteiger partial charge in [0.2, 0.25) is 5.91 Å². The highest BCUT2D eigenvalue weighted by Crippen LogP contribution is 2.35. The topological polar surface area (TPSA) is 93.1 Å². The lowest BCUT2D eigenvalue weighted by Gasteiger charge is -2.14. The van der Waals surface area contributed by atoms with E-state index < -0.39 is 17.8 Å².